The quantitative estimate of drug-likeness (QED) is 0.906. The zero-order valence-electron chi connectivity index (χ0n) is 10.9. The molecule has 0 radical (unpaired) electrons. The fourth-order valence-electron chi connectivity index (χ4n) is 3.45. The Labute approximate surface area is 121 Å². The van der Waals surface area contributed by atoms with Gasteiger partial charge in [-0.15, -0.1) is 0 Å². The summed E-state index contributed by atoms with van der Waals surface area (Å²) in [5.41, 5.74) is 2.51. The molecule has 1 aliphatic heterocycles. The Bertz CT molecular complexity index is 492. The number of carboxylic acid groups (broad SMARTS) is 1. The Morgan fingerprint density at radius 2 is 2.00 bits per heavy atom. The van der Waals surface area contributed by atoms with Crippen LogP contribution in [0.2, 0.25) is 0 Å². The maximum absolute atomic E-state index is 11.1. The van der Waals surface area contributed by atoms with Crippen LogP contribution >= 0.6 is 15.9 Å². The third kappa shape index (κ3) is 2.45. The Morgan fingerprint density at radius 1 is 1.26 bits per heavy atom. The van der Waals surface area contributed by atoms with Crippen LogP contribution in [-0.4, -0.2) is 20.6 Å². The van der Waals surface area contributed by atoms with E-state index in [4.69, 9.17) is 10.1 Å². The van der Waals surface area contributed by atoms with Crippen molar-refractivity contribution in [2.24, 2.45) is 5.92 Å². The Morgan fingerprint density at radius 3 is 2.68 bits per heavy atom. The lowest BCUT2D eigenvalue weighted by molar-refractivity contribution is -0.142. The Kier molecular flexibility index (Phi) is 3.65. The fraction of sp³-hybridized carbons (Fsp3) is 0.714. The molecule has 1 aromatic rings. The number of hydrogen-bond donors (Lipinski definition) is 1. The molecule has 1 N–H and O–H groups in total. The number of imidazole rings is 1. The van der Waals surface area contributed by atoms with Crippen LogP contribution in [0, 0.1) is 5.92 Å². The zero-order valence-corrected chi connectivity index (χ0v) is 12.5. The molecule has 1 unspecified atom stereocenters. The topological polar surface area (TPSA) is 55.1 Å². The summed E-state index contributed by atoms with van der Waals surface area (Å²) in [5.74, 6) is -0.370. The second-order valence-corrected chi connectivity index (χ2v) is 6.44. The number of carboxylic acids is 1. The van der Waals surface area contributed by atoms with Crippen LogP contribution < -0.4 is 0 Å². The molecular formula is C14H19BrN2O2. The monoisotopic (exact) mass is 326 g/mol. The van der Waals surface area contributed by atoms with E-state index < -0.39 is 5.97 Å². The van der Waals surface area contributed by atoms with Gasteiger partial charge in [0.2, 0.25) is 0 Å². The standard InChI is InChI=1S/C14H19BrN2O2/c15-14-16-12(9-4-2-1-3-5-9)11-7-6-10(13(18)19)8-17(11)14/h9-10H,1-8H2,(H,18,19). The molecule has 2 aliphatic rings. The molecule has 0 bridgehead atoms. The van der Waals surface area contributed by atoms with Crippen molar-refractivity contribution < 1.29 is 9.90 Å². The third-order valence-electron chi connectivity index (χ3n) is 4.53. The summed E-state index contributed by atoms with van der Waals surface area (Å²) in [6, 6.07) is 0. The van der Waals surface area contributed by atoms with Crippen LogP contribution in [-0.2, 0) is 17.8 Å². The van der Waals surface area contributed by atoms with Gasteiger partial charge in [-0.05, 0) is 41.6 Å². The van der Waals surface area contributed by atoms with Crippen LogP contribution in [0.15, 0.2) is 4.73 Å². The number of fused-ring (bicyclic) bond motifs is 1. The molecular weight excluding hydrogens is 308 g/mol. The lowest BCUT2D eigenvalue weighted by Gasteiger charge is -2.25. The van der Waals surface area contributed by atoms with E-state index in [1.54, 1.807) is 0 Å². The van der Waals surface area contributed by atoms with E-state index in [2.05, 4.69) is 20.5 Å². The van der Waals surface area contributed by atoms with Crippen LogP contribution in [0.5, 0.6) is 0 Å². The second-order valence-electron chi connectivity index (χ2n) is 5.73. The second kappa shape index (κ2) is 5.27. The van der Waals surface area contributed by atoms with E-state index in [1.165, 1.54) is 43.5 Å². The van der Waals surface area contributed by atoms with E-state index in [0.29, 0.717) is 12.5 Å². The number of aliphatic carboxylic acids is 1. The van der Waals surface area contributed by atoms with Crippen molar-refractivity contribution in [3.63, 3.8) is 0 Å². The summed E-state index contributed by atoms with van der Waals surface area (Å²) in [5, 5.41) is 9.16. The molecule has 5 heteroatoms. The molecule has 1 fully saturated rings. The summed E-state index contributed by atoms with van der Waals surface area (Å²) < 4.78 is 2.89. The maximum Gasteiger partial charge on any atom is 0.308 e. The highest BCUT2D eigenvalue weighted by atomic mass is 79.9. The van der Waals surface area contributed by atoms with E-state index in [1.807, 2.05) is 0 Å². The first kappa shape index (κ1) is 13.2. The number of aromatic nitrogens is 2. The minimum Gasteiger partial charge on any atom is -0.481 e. The third-order valence-corrected chi connectivity index (χ3v) is 5.14. The van der Waals surface area contributed by atoms with Gasteiger partial charge in [0, 0.05) is 18.2 Å². The SMILES string of the molecule is O=C(O)C1CCc2c(C3CCCCC3)nc(Br)n2C1. The normalized spacial score (nSPS) is 24.2. The molecule has 2 heterocycles. The smallest absolute Gasteiger partial charge is 0.308 e. The van der Waals surface area contributed by atoms with Gasteiger partial charge in [-0.2, -0.15) is 0 Å². The molecule has 19 heavy (non-hydrogen) atoms. The molecule has 0 aromatic carbocycles. The fourth-order valence-corrected chi connectivity index (χ4v) is 4.00. The van der Waals surface area contributed by atoms with Crippen LogP contribution in [0.3, 0.4) is 0 Å². The number of rotatable bonds is 2. The van der Waals surface area contributed by atoms with Crippen molar-refractivity contribution in [1.82, 2.24) is 9.55 Å². The molecule has 1 atom stereocenters. The summed E-state index contributed by atoms with van der Waals surface area (Å²) >= 11 is 3.51. The molecule has 4 nitrogen and oxygen atoms in total. The van der Waals surface area contributed by atoms with Gasteiger partial charge in [-0.25, -0.2) is 4.98 Å². The molecule has 1 aliphatic carbocycles. The van der Waals surface area contributed by atoms with Crippen LogP contribution in [0.25, 0.3) is 0 Å². The van der Waals surface area contributed by atoms with Crippen molar-refractivity contribution >= 4 is 21.9 Å². The van der Waals surface area contributed by atoms with Gasteiger partial charge in [0.1, 0.15) is 0 Å². The van der Waals surface area contributed by atoms with Gasteiger partial charge in [0.15, 0.2) is 4.73 Å². The average molecular weight is 327 g/mol. The maximum atomic E-state index is 11.1. The van der Waals surface area contributed by atoms with Crippen molar-refractivity contribution in [3.05, 3.63) is 16.1 Å². The van der Waals surface area contributed by atoms with Gasteiger partial charge in [0.25, 0.3) is 0 Å². The van der Waals surface area contributed by atoms with Crippen molar-refractivity contribution in [1.29, 1.82) is 0 Å². The predicted molar refractivity (Wildman–Crippen MR) is 75.2 cm³/mol. The van der Waals surface area contributed by atoms with Gasteiger partial charge in [-0.1, -0.05) is 19.3 Å². The first-order valence-corrected chi connectivity index (χ1v) is 7.93. The highest BCUT2D eigenvalue weighted by Gasteiger charge is 2.31. The van der Waals surface area contributed by atoms with Gasteiger partial charge in [0.05, 0.1) is 11.6 Å². The van der Waals surface area contributed by atoms with Crippen LogP contribution in [0.1, 0.15) is 55.8 Å². The summed E-state index contributed by atoms with van der Waals surface area (Å²) in [7, 11) is 0. The van der Waals surface area contributed by atoms with Gasteiger partial charge in [-0.3, -0.25) is 4.79 Å². The van der Waals surface area contributed by atoms with Crippen molar-refractivity contribution in [3.8, 4) is 0 Å². The predicted octanol–water partition coefficient (Wildman–Crippen LogP) is 3.34. The van der Waals surface area contributed by atoms with Gasteiger partial charge < -0.3 is 9.67 Å². The van der Waals surface area contributed by atoms with Crippen molar-refractivity contribution in [2.75, 3.05) is 0 Å². The minimum atomic E-state index is -0.689. The first-order valence-electron chi connectivity index (χ1n) is 7.14. The van der Waals surface area contributed by atoms with Gasteiger partial charge >= 0.3 is 5.97 Å². The minimum absolute atomic E-state index is 0.266. The lowest BCUT2D eigenvalue weighted by atomic mass is 9.84. The van der Waals surface area contributed by atoms with E-state index in [0.717, 1.165) is 17.6 Å². The number of carbonyl (C=O) groups is 1. The molecule has 1 aromatic heterocycles. The highest BCUT2D eigenvalue weighted by Crippen LogP contribution is 2.37. The number of hydrogen-bond acceptors (Lipinski definition) is 2. The van der Waals surface area contributed by atoms with E-state index >= 15 is 0 Å². The number of halogens is 1. The summed E-state index contributed by atoms with van der Waals surface area (Å²) in [6.45, 7) is 0.560. The van der Waals surface area contributed by atoms with E-state index in [-0.39, 0.29) is 5.92 Å². The molecule has 1 saturated carbocycles. The zero-order chi connectivity index (χ0) is 13.4. The molecule has 0 amide bonds. The van der Waals surface area contributed by atoms with Crippen molar-refractivity contribution in [2.45, 2.75) is 57.4 Å². The highest BCUT2D eigenvalue weighted by molar-refractivity contribution is 9.10. The lowest BCUT2D eigenvalue weighted by Crippen LogP contribution is -2.27. The Hall–Kier alpha value is -0.840. The first-order chi connectivity index (χ1) is 9.16. The summed E-state index contributed by atoms with van der Waals surface area (Å²) in [4.78, 5) is 15.8. The van der Waals surface area contributed by atoms with E-state index in [9.17, 15) is 4.79 Å². The average Bonchev–Trinajstić information content (AvgIpc) is 2.77. The summed E-state index contributed by atoms with van der Waals surface area (Å²) in [6.07, 6.45) is 8.00. The molecule has 3 rings (SSSR count). The Balaban J connectivity index is 1.89. The molecule has 0 saturated heterocycles. The number of nitrogens with zero attached hydrogens (tertiary/aromatic N) is 2. The molecule has 104 valence electrons. The molecule has 0 spiro atoms. The van der Waals surface area contributed by atoms with Crippen LogP contribution in [0.4, 0.5) is 0 Å². The largest absolute Gasteiger partial charge is 0.481 e.